The van der Waals surface area contributed by atoms with Gasteiger partial charge in [-0.2, -0.15) is 0 Å². The summed E-state index contributed by atoms with van der Waals surface area (Å²) < 4.78 is 0. The molecule has 94 valence electrons. The SMILES string of the molecule is Clc1ccc(C(NC2CC2)c2nccs2)c(Cl)c1. The number of aromatic nitrogens is 1. The van der Waals surface area contributed by atoms with Gasteiger partial charge in [0.2, 0.25) is 0 Å². The molecule has 0 saturated heterocycles. The number of hydrogen-bond donors (Lipinski definition) is 1. The van der Waals surface area contributed by atoms with E-state index in [1.807, 2.05) is 23.7 Å². The van der Waals surface area contributed by atoms with Gasteiger partial charge in [-0.1, -0.05) is 29.3 Å². The van der Waals surface area contributed by atoms with Crippen molar-refractivity contribution in [2.45, 2.75) is 24.9 Å². The monoisotopic (exact) mass is 298 g/mol. The molecule has 1 aliphatic carbocycles. The van der Waals surface area contributed by atoms with Gasteiger partial charge in [0.25, 0.3) is 0 Å². The van der Waals surface area contributed by atoms with E-state index in [1.54, 1.807) is 17.4 Å². The summed E-state index contributed by atoms with van der Waals surface area (Å²) in [6, 6.07) is 6.30. The molecule has 3 rings (SSSR count). The first-order valence-electron chi connectivity index (χ1n) is 5.84. The van der Waals surface area contributed by atoms with E-state index in [4.69, 9.17) is 23.2 Å². The number of hydrogen-bond acceptors (Lipinski definition) is 3. The minimum absolute atomic E-state index is 0.0715. The number of thiazole rings is 1. The van der Waals surface area contributed by atoms with Gasteiger partial charge in [-0.3, -0.25) is 0 Å². The Morgan fingerprint density at radius 1 is 1.33 bits per heavy atom. The molecule has 0 radical (unpaired) electrons. The fraction of sp³-hybridized carbons (Fsp3) is 0.308. The van der Waals surface area contributed by atoms with E-state index in [1.165, 1.54) is 12.8 Å². The van der Waals surface area contributed by atoms with Gasteiger partial charge in [-0.05, 0) is 30.5 Å². The maximum atomic E-state index is 6.30. The first-order chi connectivity index (χ1) is 8.74. The summed E-state index contributed by atoms with van der Waals surface area (Å²) in [7, 11) is 0. The largest absolute Gasteiger partial charge is 0.301 e. The number of benzene rings is 1. The standard InChI is InChI=1S/C13H12Cl2N2S/c14-8-1-4-10(11(15)7-8)12(17-9-2-3-9)13-16-5-6-18-13/h1,4-7,9,12,17H,2-3H2. The molecule has 1 saturated carbocycles. The van der Waals surface area contributed by atoms with Gasteiger partial charge in [0.05, 0.1) is 6.04 Å². The van der Waals surface area contributed by atoms with E-state index in [2.05, 4.69) is 10.3 Å². The van der Waals surface area contributed by atoms with E-state index < -0.39 is 0 Å². The molecule has 0 amide bonds. The average Bonchev–Trinajstić information content (AvgIpc) is 3.00. The number of nitrogens with zero attached hydrogens (tertiary/aromatic N) is 1. The van der Waals surface area contributed by atoms with E-state index in [9.17, 15) is 0 Å². The van der Waals surface area contributed by atoms with Crippen LogP contribution in [0.25, 0.3) is 0 Å². The predicted octanol–water partition coefficient (Wildman–Crippen LogP) is 4.29. The van der Waals surface area contributed by atoms with Crippen molar-refractivity contribution in [1.82, 2.24) is 10.3 Å². The molecule has 0 aliphatic heterocycles. The Kier molecular flexibility index (Phi) is 3.57. The summed E-state index contributed by atoms with van der Waals surface area (Å²) in [4.78, 5) is 4.40. The van der Waals surface area contributed by atoms with Crippen LogP contribution in [-0.2, 0) is 0 Å². The lowest BCUT2D eigenvalue weighted by atomic mass is 10.1. The topological polar surface area (TPSA) is 24.9 Å². The van der Waals surface area contributed by atoms with E-state index in [0.717, 1.165) is 10.6 Å². The molecule has 2 nitrogen and oxygen atoms in total. The van der Waals surface area contributed by atoms with E-state index >= 15 is 0 Å². The molecule has 1 fully saturated rings. The summed E-state index contributed by atoms with van der Waals surface area (Å²) in [5.41, 5.74) is 1.04. The van der Waals surface area contributed by atoms with Gasteiger partial charge in [0, 0.05) is 27.7 Å². The van der Waals surface area contributed by atoms with Gasteiger partial charge in [-0.15, -0.1) is 11.3 Å². The number of rotatable bonds is 4. The highest BCUT2D eigenvalue weighted by atomic mass is 35.5. The molecule has 1 heterocycles. The van der Waals surface area contributed by atoms with E-state index in [-0.39, 0.29) is 6.04 Å². The maximum Gasteiger partial charge on any atom is 0.114 e. The second-order valence-electron chi connectivity index (χ2n) is 4.41. The van der Waals surface area contributed by atoms with Crippen LogP contribution in [0.15, 0.2) is 29.8 Å². The second kappa shape index (κ2) is 5.17. The van der Waals surface area contributed by atoms with Crippen molar-refractivity contribution in [2.24, 2.45) is 0 Å². The van der Waals surface area contributed by atoms with Crippen LogP contribution >= 0.6 is 34.5 Å². The van der Waals surface area contributed by atoms with Crippen molar-refractivity contribution in [1.29, 1.82) is 0 Å². The quantitative estimate of drug-likeness (QED) is 0.911. The Morgan fingerprint density at radius 3 is 2.78 bits per heavy atom. The second-order valence-corrected chi connectivity index (χ2v) is 6.18. The van der Waals surface area contributed by atoms with Crippen molar-refractivity contribution in [3.8, 4) is 0 Å². The molecule has 18 heavy (non-hydrogen) atoms. The first kappa shape index (κ1) is 12.4. The minimum atomic E-state index is 0.0715. The smallest absolute Gasteiger partial charge is 0.114 e. The number of halogens is 2. The van der Waals surface area contributed by atoms with Crippen LogP contribution in [0.3, 0.4) is 0 Å². The van der Waals surface area contributed by atoms with Crippen molar-refractivity contribution < 1.29 is 0 Å². The van der Waals surface area contributed by atoms with E-state index in [0.29, 0.717) is 16.1 Å². The van der Waals surface area contributed by atoms with Crippen LogP contribution in [-0.4, -0.2) is 11.0 Å². The fourth-order valence-corrected chi connectivity index (χ4v) is 3.12. The van der Waals surface area contributed by atoms with Crippen LogP contribution in [0.4, 0.5) is 0 Å². The fourth-order valence-electron chi connectivity index (χ4n) is 1.89. The highest BCUT2D eigenvalue weighted by Crippen LogP contribution is 2.34. The van der Waals surface area contributed by atoms with Crippen LogP contribution in [0.5, 0.6) is 0 Å². The van der Waals surface area contributed by atoms with Crippen LogP contribution in [0.1, 0.15) is 29.5 Å². The molecule has 1 aliphatic rings. The number of nitrogens with one attached hydrogen (secondary N) is 1. The van der Waals surface area contributed by atoms with Gasteiger partial charge in [0.1, 0.15) is 5.01 Å². The van der Waals surface area contributed by atoms with Gasteiger partial charge < -0.3 is 5.32 Å². The first-order valence-corrected chi connectivity index (χ1v) is 7.48. The molecule has 5 heteroatoms. The summed E-state index contributed by atoms with van der Waals surface area (Å²) in [6.07, 6.45) is 4.28. The zero-order valence-electron chi connectivity index (χ0n) is 9.57. The summed E-state index contributed by atoms with van der Waals surface area (Å²) >= 11 is 13.9. The molecule has 1 atom stereocenters. The highest BCUT2D eigenvalue weighted by molar-refractivity contribution is 7.09. The third-order valence-electron chi connectivity index (χ3n) is 2.95. The molecule has 0 spiro atoms. The molecule has 0 bridgehead atoms. The third kappa shape index (κ3) is 2.69. The third-order valence-corrected chi connectivity index (χ3v) is 4.35. The van der Waals surface area contributed by atoms with Crippen molar-refractivity contribution >= 4 is 34.5 Å². The Balaban J connectivity index is 1.96. The lowest BCUT2D eigenvalue weighted by Gasteiger charge is -2.18. The molecular weight excluding hydrogens is 287 g/mol. The normalized spacial score (nSPS) is 16.8. The van der Waals surface area contributed by atoms with Crippen molar-refractivity contribution in [3.05, 3.63) is 50.4 Å². The summed E-state index contributed by atoms with van der Waals surface area (Å²) in [5.74, 6) is 0. The Labute approximate surface area is 120 Å². The van der Waals surface area contributed by atoms with Crippen LogP contribution in [0.2, 0.25) is 10.0 Å². The van der Waals surface area contributed by atoms with Gasteiger partial charge in [0.15, 0.2) is 0 Å². The molecule has 1 aromatic carbocycles. The molecule has 1 N–H and O–H groups in total. The minimum Gasteiger partial charge on any atom is -0.301 e. The zero-order valence-corrected chi connectivity index (χ0v) is 11.9. The zero-order chi connectivity index (χ0) is 12.5. The lowest BCUT2D eigenvalue weighted by Crippen LogP contribution is -2.24. The molecule has 2 aromatic rings. The predicted molar refractivity (Wildman–Crippen MR) is 76.6 cm³/mol. The Hall–Kier alpha value is -0.610. The maximum absolute atomic E-state index is 6.30. The Bertz CT molecular complexity index is 538. The molecule has 1 aromatic heterocycles. The summed E-state index contributed by atoms with van der Waals surface area (Å²) in [5, 5.41) is 7.98. The van der Waals surface area contributed by atoms with Crippen LogP contribution < -0.4 is 5.32 Å². The molecule has 1 unspecified atom stereocenters. The van der Waals surface area contributed by atoms with Crippen molar-refractivity contribution in [2.75, 3.05) is 0 Å². The van der Waals surface area contributed by atoms with Gasteiger partial charge in [-0.25, -0.2) is 4.98 Å². The highest BCUT2D eigenvalue weighted by Gasteiger charge is 2.28. The summed E-state index contributed by atoms with van der Waals surface area (Å²) in [6.45, 7) is 0. The average molecular weight is 299 g/mol. The van der Waals surface area contributed by atoms with Crippen LogP contribution in [0, 0.1) is 0 Å². The Morgan fingerprint density at radius 2 is 2.17 bits per heavy atom. The molecular formula is C13H12Cl2N2S. The lowest BCUT2D eigenvalue weighted by molar-refractivity contribution is 0.598. The van der Waals surface area contributed by atoms with Gasteiger partial charge >= 0.3 is 0 Å². The van der Waals surface area contributed by atoms with Crippen molar-refractivity contribution in [3.63, 3.8) is 0 Å².